The minimum Gasteiger partial charge on any atom is -0.366 e. The number of aromatic nitrogens is 4. The molecule has 0 saturated heterocycles. The summed E-state index contributed by atoms with van der Waals surface area (Å²) in [5.41, 5.74) is 8.69. The molecule has 0 bridgehead atoms. The Balaban J connectivity index is 1.86. The Morgan fingerprint density at radius 3 is 2.75 bits per heavy atom. The van der Waals surface area contributed by atoms with Gasteiger partial charge in [0.25, 0.3) is 5.78 Å². The Kier molecular flexibility index (Phi) is 3.88. The van der Waals surface area contributed by atoms with E-state index in [1.807, 2.05) is 6.92 Å². The molecule has 2 heterocycles. The Labute approximate surface area is 137 Å². The lowest BCUT2D eigenvalue weighted by Crippen LogP contribution is -2.18. The molecule has 0 fully saturated rings. The molecule has 3 N–H and O–H groups in total. The van der Waals surface area contributed by atoms with Crippen molar-refractivity contribution >= 4 is 23.3 Å². The first-order valence-electron chi connectivity index (χ1n) is 7.39. The number of hydrogen-bond donors (Lipinski definition) is 2. The van der Waals surface area contributed by atoms with E-state index >= 15 is 0 Å². The van der Waals surface area contributed by atoms with Crippen LogP contribution in [0.3, 0.4) is 0 Å². The number of aryl methyl sites for hydroxylation is 3. The number of hydrogen-bond acceptors (Lipinski definition) is 5. The number of carbonyl (C=O) groups is 1. The van der Waals surface area contributed by atoms with E-state index in [2.05, 4.69) is 20.4 Å². The van der Waals surface area contributed by atoms with E-state index in [0.717, 1.165) is 11.3 Å². The topological polar surface area (TPSA) is 98.2 Å². The Hall–Kier alpha value is -3.03. The van der Waals surface area contributed by atoms with Gasteiger partial charge in [-0.05, 0) is 38.5 Å². The van der Waals surface area contributed by atoms with Crippen LogP contribution in [-0.4, -0.2) is 25.5 Å². The third kappa shape index (κ3) is 2.90. The van der Waals surface area contributed by atoms with Crippen LogP contribution in [-0.2, 0) is 11.2 Å². The number of nitrogens with two attached hydrogens (primary N) is 1. The summed E-state index contributed by atoms with van der Waals surface area (Å²) in [5, 5.41) is 6.76. The summed E-state index contributed by atoms with van der Waals surface area (Å²) < 4.78 is 15.1. The van der Waals surface area contributed by atoms with E-state index in [4.69, 9.17) is 5.73 Å². The van der Waals surface area contributed by atoms with Crippen LogP contribution in [0.4, 0.5) is 16.0 Å². The number of anilines is 2. The van der Waals surface area contributed by atoms with E-state index in [-0.39, 0.29) is 24.1 Å². The molecule has 1 aromatic carbocycles. The zero-order chi connectivity index (χ0) is 17.4. The lowest BCUT2D eigenvalue weighted by Gasteiger charge is -2.11. The number of nitrogen functional groups attached to an aromatic ring is 1. The van der Waals surface area contributed by atoms with Gasteiger partial charge in [0.1, 0.15) is 5.82 Å². The fraction of sp³-hybridized carbons (Fsp3) is 0.250. The molecule has 1 amide bonds. The molecule has 2 aromatic heterocycles. The van der Waals surface area contributed by atoms with Crippen molar-refractivity contribution in [2.24, 2.45) is 0 Å². The van der Waals surface area contributed by atoms with Gasteiger partial charge in [-0.25, -0.2) is 9.37 Å². The molecule has 0 aliphatic heterocycles. The highest BCUT2D eigenvalue weighted by atomic mass is 19.1. The number of nitrogens with zero attached hydrogens (tertiary/aromatic N) is 4. The van der Waals surface area contributed by atoms with Crippen LogP contribution in [0.2, 0.25) is 0 Å². The number of benzene rings is 1. The summed E-state index contributed by atoms with van der Waals surface area (Å²) in [6, 6.07) is 4.58. The van der Waals surface area contributed by atoms with Crippen molar-refractivity contribution in [1.29, 1.82) is 0 Å². The molecule has 0 aliphatic carbocycles. The van der Waals surface area contributed by atoms with Crippen LogP contribution in [0.15, 0.2) is 18.2 Å². The number of carbonyl (C=O) groups excluding carboxylic acids is 1. The average molecular weight is 328 g/mol. The van der Waals surface area contributed by atoms with Crippen molar-refractivity contribution in [1.82, 2.24) is 19.6 Å². The number of nitrogens with one attached hydrogen (secondary N) is 1. The molecule has 0 aliphatic rings. The summed E-state index contributed by atoms with van der Waals surface area (Å²) in [7, 11) is 0. The molecule has 3 aromatic rings. The van der Waals surface area contributed by atoms with E-state index < -0.39 is 0 Å². The van der Waals surface area contributed by atoms with Crippen LogP contribution < -0.4 is 11.1 Å². The quantitative estimate of drug-likeness (QED) is 0.766. The number of fused-ring (bicyclic) bond motifs is 1. The molecule has 0 radical (unpaired) electrons. The van der Waals surface area contributed by atoms with Crippen molar-refractivity contribution in [3.63, 3.8) is 0 Å². The first-order valence-corrected chi connectivity index (χ1v) is 7.39. The van der Waals surface area contributed by atoms with Gasteiger partial charge in [0, 0.05) is 22.6 Å². The van der Waals surface area contributed by atoms with Crippen molar-refractivity contribution in [3.05, 3.63) is 46.5 Å². The van der Waals surface area contributed by atoms with E-state index in [1.165, 1.54) is 10.6 Å². The van der Waals surface area contributed by atoms with Crippen LogP contribution in [0, 0.1) is 26.6 Å². The highest BCUT2D eigenvalue weighted by molar-refractivity contribution is 5.92. The molecule has 24 heavy (non-hydrogen) atoms. The molecular weight excluding hydrogens is 311 g/mol. The second-order valence-electron chi connectivity index (χ2n) is 5.63. The lowest BCUT2D eigenvalue weighted by atomic mass is 10.1. The maximum Gasteiger partial charge on any atom is 0.254 e. The Morgan fingerprint density at radius 1 is 1.29 bits per heavy atom. The van der Waals surface area contributed by atoms with E-state index in [9.17, 15) is 9.18 Å². The smallest absolute Gasteiger partial charge is 0.254 e. The SMILES string of the molecule is Cc1ccc(NC(=O)Cc2c(C)nc3nc(N)nn3c2C)cc1F. The predicted octanol–water partition coefficient (Wildman–Crippen LogP) is 1.95. The van der Waals surface area contributed by atoms with Crippen molar-refractivity contribution < 1.29 is 9.18 Å². The summed E-state index contributed by atoms with van der Waals surface area (Å²) in [5.74, 6) is -0.103. The van der Waals surface area contributed by atoms with E-state index in [1.54, 1.807) is 26.0 Å². The fourth-order valence-corrected chi connectivity index (χ4v) is 2.52. The molecule has 124 valence electrons. The monoisotopic (exact) mass is 328 g/mol. The Morgan fingerprint density at radius 2 is 2.04 bits per heavy atom. The maximum atomic E-state index is 13.6. The predicted molar refractivity (Wildman–Crippen MR) is 88.1 cm³/mol. The van der Waals surface area contributed by atoms with Gasteiger partial charge in [-0.1, -0.05) is 6.07 Å². The zero-order valence-electron chi connectivity index (χ0n) is 13.6. The third-order valence-electron chi connectivity index (χ3n) is 3.86. The summed E-state index contributed by atoms with van der Waals surface area (Å²) in [4.78, 5) is 20.6. The molecule has 0 saturated carbocycles. The summed E-state index contributed by atoms with van der Waals surface area (Å²) >= 11 is 0. The fourth-order valence-electron chi connectivity index (χ4n) is 2.52. The number of rotatable bonds is 3. The van der Waals surface area contributed by atoms with Crippen LogP contribution >= 0.6 is 0 Å². The molecular formula is C16H17FN6O. The summed E-state index contributed by atoms with van der Waals surface area (Å²) in [6.45, 7) is 5.29. The lowest BCUT2D eigenvalue weighted by molar-refractivity contribution is -0.115. The minimum atomic E-state index is -0.360. The van der Waals surface area contributed by atoms with Gasteiger partial charge in [-0.3, -0.25) is 4.79 Å². The Bertz CT molecular complexity index is 949. The van der Waals surface area contributed by atoms with Gasteiger partial charge in [0.05, 0.1) is 6.42 Å². The second-order valence-corrected chi connectivity index (χ2v) is 5.63. The van der Waals surface area contributed by atoms with Gasteiger partial charge in [0.15, 0.2) is 0 Å². The van der Waals surface area contributed by atoms with E-state index in [0.29, 0.717) is 22.7 Å². The van der Waals surface area contributed by atoms with Gasteiger partial charge in [-0.15, -0.1) is 5.10 Å². The van der Waals surface area contributed by atoms with Crippen LogP contribution in [0.1, 0.15) is 22.5 Å². The number of halogens is 1. The van der Waals surface area contributed by atoms with Gasteiger partial charge in [-0.2, -0.15) is 9.50 Å². The largest absolute Gasteiger partial charge is 0.366 e. The standard InChI is InChI=1S/C16H17FN6O/c1-8-4-5-11(6-13(8)17)20-14(24)7-12-9(2)19-16-21-15(18)22-23(16)10(12)3/h4-6H,7H2,1-3H3,(H2,18,22)(H,20,24). The molecule has 3 rings (SSSR count). The first-order chi connectivity index (χ1) is 11.3. The second kappa shape index (κ2) is 5.88. The van der Waals surface area contributed by atoms with Crippen molar-refractivity contribution in [3.8, 4) is 0 Å². The van der Waals surface area contributed by atoms with Crippen molar-refractivity contribution in [2.75, 3.05) is 11.1 Å². The summed E-state index contributed by atoms with van der Waals surface area (Å²) in [6.07, 6.45) is 0.0931. The molecule has 0 spiro atoms. The molecule has 0 unspecified atom stereocenters. The molecule has 7 nitrogen and oxygen atoms in total. The van der Waals surface area contributed by atoms with Gasteiger partial charge >= 0.3 is 0 Å². The van der Waals surface area contributed by atoms with Gasteiger partial charge < -0.3 is 11.1 Å². The minimum absolute atomic E-state index is 0.0931. The normalized spacial score (nSPS) is 11.0. The number of amides is 1. The highest BCUT2D eigenvalue weighted by Crippen LogP contribution is 2.17. The maximum absolute atomic E-state index is 13.6. The van der Waals surface area contributed by atoms with Crippen molar-refractivity contribution in [2.45, 2.75) is 27.2 Å². The highest BCUT2D eigenvalue weighted by Gasteiger charge is 2.15. The molecule has 8 heteroatoms. The zero-order valence-corrected chi connectivity index (χ0v) is 13.6. The van der Waals surface area contributed by atoms with Gasteiger partial charge in [0.2, 0.25) is 11.9 Å². The molecule has 0 atom stereocenters. The van der Waals surface area contributed by atoms with Crippen LogP contribution in [0.25, 0.3) is 5.78 Å². The average Bonchev–Trinajstić information content (AvgIpc) is 2.88. The first kappa shape index (κ1) is 15.9. The van der Waals surface area contributed by atoms with Crippen LogP contribution in [0.5, 0.6) is 0 Å². The third-order valence-corrected chi connectivity index (χ3v) is 3.86.